The summed E-state index contributed by atoms with van der Waals surface area (Å²) in [6.45, 7) is 4.29. The van der Waals surface area contributed by atoms with Crippen LogP contribution in [0, 0.1) is 0 Å². The van der Waals surface area contributed by atoms with Gasteiger partial charge in [-0.05, 0) is 31.5 Å². The Kier molecular flexibility index (Phi) is 4.35. The molecule has 0 bridgehead atoms. The van der Waals surface area contributed by atoms with Crippen LogP contribution < -0.4 is 14.8 Å². The van der Waals surface area contributed by atoms with Crippen molar-refractivity contribution in [1.82, 2.24) is 5.32 Å². The second-order valence-electron chi connectivity index (χ2n) is 5.20. The molecule has 6 heteroatoms. The van der Waals surface area contributed by atoms with Crippen LogP contribution in [-0.2, 0) is 4.79 Å². The van der Waals surface area contributed by atoms with E-state index in [0.717, 1.165) is 0 Å². The Labute approximate surface area is 123 Å². The van der Waals surface area contributed by atoms with Crippen molar-refractivity contribution in [3.05, 3.63) is 23.8 Å². The lowest BCUT2D eigenvalue weighted by Gasteiger charge is -2.26. The van der Waals surface area contributed by atoms with E-state index < -0.39 is 17.4 Å². The highest BCUT2D eigenvalue weighted by Crippen LogP contribution is 2.30. The fraction of sp³-hybridized carbons (Fsp3) is 0.467. The van der Waals surface area contributed by atoms with Crippen LogP contribution in [-0.4, -0.2) is 35.7 Å². The van der Waals surface area contributed by atoms with Crippen LogP contribution in [0.1, 0.15) is 37.0 Å². The summed E-state index contributed by atoms with van der Waals surface area (Å²) in [6, 6.07) is 4.82. The smallest absolute Gasteiger partial charge is 0.329 e. The predicted molar refractivity (Wildman–Crippen MR) is 75.8 cm³/mol. The molecule has 114 valence electrons. The quantitative estimate of drug-likeness (QED) is 0.865. The number of hydrogen-bond donors (Lipinski definition) is 2. The number of rotatable bonds is 5. The average molecular weight is 293 g/mol. The standard InChI is InChI=1S/C15H19NO5/c1-3-6-15(2,14(18)19)16-13(17)10-4-5-11-12(9-10)21-8-7-20-11/h4-5,9H,3,6-8H2,1-2H3,(H,16,17)(H,18,19)/t15-/m1/s1. The van der Waals surface area contributed by atoms with E-state index in [-0.39, 0.29) is 0 Å². The number of carbonyl (C=O) groups excluding carboxylic acids is 1. The van der Waals surface area contributed by atoms with E-state index in [9.17, 15) is 14.7 Å². The highest BCUT2D eigenvalue weighted by molar-refractivity contribution is 5.98. The summed E-state index contributed by atoms with van der Waals surface area (Å²) in [7, 11) is 0. The average Bonchev–Trinajstić information content (AvgIpc) is 2.46. The van der Waals surface area contributed by atoms with Gasteiger partial charge in [-0.1, -0.05) is 13.3 Å². The summed E-state index contributed by atoms with van der Waals surface area (Å²) in [6.07, 6.45) is 1.02. The highest BCUT2D eigenvalue weighted by Gasteiger charge is 2.34. The van der Waals surface area contributed by atoms with Gasteiger partial charge in [0.15, 0.2) is 11.5 Å². The summed E-state index contributed by atoms with van der Waals surface area (Å²) in [5, 5.41) is 11.9. The maximum Gasteiger partial charge on any atom is 0.329 e. The minimum absolute atomic E-state index is 0.350. The van der Waals surface area contributed by atoms with E-state index in [4.69, 9.17) is 9.47 Å². The third-order valence-corrected chi connectivity index (χ3v) is 3.42. The Morgan fingerprint density at radius 2 is 1.95 bits per heavy atom. The van der Waals surface area contributed by atoms with Crippen LogP contribution in [0.25, 0.3) is 0 Å². The molecule has 0 aliphatic carbocycles. The van der Waals surface area contributed by atoms with Crippen molar-refractivity contribution >= 4 is 11.9 Å². The number of ether oxygens (including phenoxy) is 2. The van der Waals surface area contributed by atoms with Gasteiger partial charge in [0.2, 0.25) is 0 Å². The molecule has 0 spiro atoms. The number of carbonyl (C=O) groups is 2. The summed E-state index contributed by atoms with van der Waals surface area (Å²) in [5.74, 6) is -0.394. The highest BCUT2D eigenvalue weighted by atomic mass is 16.6. The van der Waals surface area contributed by atoms with Gasteiger partial charge in [0.25, 0.3) is 5.91 Å². The van der Waals surface area contributed by atoms with Gasteiger partial charge < -0.3 is 19.9 Å². The second kappa shape index (κ2) is 6.03. The molecule has 0 fully saturated rings. The first-order chi connectivity index (χ1) is 9.96. The monoisotopic (exact) mass is 293 g/mol. The molecule has 1 aromatic rings. The van der Waals surface area contributed by atoms with E-state index in [2.05, 4.69) is 5.32 Å². The maximum absolute atomic E-state index is 12.3. The number of amides is 1. The first kappa shape index (κ1) is 15.2. The molecule has 1 aliphatic heterocycles. The van der Waals surface area contributed by atoms with E-state index >= 15 is 0 Å². The third-order valence-electron chi connectivity index (χ3n) is 3.42. The van der Waals surface area contributed by atoms with Crippen molar-refractivity contribution in [2.45, 2.75) is 32.2 Å². The summed E-state index contributed by atoms with van der Waals surface area (Å²) in [4.78, 5) is 23.6. The Morgan fingerprint density at radius 1 is 1.29 bits per heavy atom. The zero-order valence-corrected chi connectivity index (χ0v) is 12.1. The first-order valence-corrected chi connectivity index (χ1v) is 6.92. The molecule has 2 rings (SSSR count). The number of benzene rings is 1. The molecule has 1 atom stereocenters. The number of carboxylic acids is 1. The van der Waals surface area contributed by atoms with Crippen LogP contribution in [0.4, 0.5) is 0 Å². The number of hydrogen-bond acceptors (Lipinski definition) is 4. The van der Waals surface area contributed by atoms with E-state index in [1.807, 2.05) is 6.92 Å². The van der Waals surface area contributed by atoms with Gasteiger partial charge in [0, 0.05) is 5.56 Å². The lowest BCUT2D eigenvalue weighted by Crippen LogP contribution is -2.52. The van der Waals surface area contributed by atoms with Crippen LogP contribution >= 0.6 is 0 Å². The molecular formula is C15H19NO5. The molecule has 21 heavy (non-hydrogen) atoms. The number of fused-ring (bicyclic) bond motifs is 1. The number of carboxylic acid groups (broad SMARTS) is 1. The number of aliphatic carboxylic acids is 1. The van der Waals surface area contributed by atoms with Gasteiger partial charge in [0.05, 0.1) is 0 Å². The molecule has 0 aromatic heterocycles. The fourth-order valence-corrected chi connectivity index (χ4v) is 2.23. The van der Waals surface area contributed by atoms with Gasteiger partial charge in [-0.3, -0.25) is 4.79 Å². The predicted octanol–water partition coefficient (Wildman–Crippen LogP) is 1.83. The second-order valence-corrected chi connectivity index (χ2v) is 5.20. The topological polar surface area (TPSA) is 84.9 Å². The van der Waals surface area contributed by atoms with Crippen molar-refractivity contribution in [1.29, 1.82) is 0 Å². The van der Waals surface area contributed by atoms with Crippen LogP contribution in [0.2, 0.25) is 0 Å². The van der Waals surface area contributed by atoms with Gasteiger partial charge in [0.1, 0.15) is 18.8 Å². The summed E-state index contributed by atoms with van der Waals surface area (Å²) < 4.78 is 10.8. The lowest BCUT2D eigenvalue weighted by atomic mass is 9.95. The Bertz CT molecular complexity index is 557. The molecule has 1 heterocycles. The Balaban J connectivity index is 2.18. The van der Waals surface area contributed by atoms with Gasteiger partial charge in [-0.25, -0.2) is 4.79 Å². The van der Waals surface area contributed by atoms with Gasteiger partial charge >= 0.3 is 5.97 Å². The van der Waals surface area contributed by atoms with Crippen molar-refractivity contribution in [2.75, 3.05) is 13.2 Å². The zero-order chi connectivity index (χ0) is 15.5. The Hall–Kier alpha value is -2.24. The molecule has 0 unspecified atom stereocenters. The minimum Gasteiger partial charge on any atom is -0.486 e. The molecule has 1 aliphatic rings. The summed E-state index contributed by atoms with van der Waals surface area (Å²) >= 11 is 0. The molecule has 1 aromatic carbocycles. The molecule has 0 saturated heterocycles. The van der Waals surface area contributed by atoms with E-state index in [1.165, 1.54) is 6.92 Å². The molecule has 2 N–H and O–H groups in total. The van der Waals surface area contributed by atoms with E-state index in [0.29, 0.717) is 43.1 Å². The van der Waals surface area contributed by atoms with Crippen molar-refractivity contribution in [3.8, 4) is 11.5 Å². The molecule has 6 nitrogen and oxygen atoms in total. The molecule has 0 saturated carbocycles. The third kappa shape index (κ3) is 3.26. The maximum atomic E-state index is 12.3. The van der Waals surface area contributed by atoms with Crippen molar-refractivity contribution in [3.63, 3.8) is 0 Å². The first-order valence-electron chi connectivity index (χ1n) is 6.92. The zero-order valence-electron chi connectivity index (χ0n) is 12.1. The van der Waals surface area contributed by atoms with Crippen molar-refractivity contribution < 1.29 is 24.2 Å². The normalized spacial score (nSPS) is 15.9. The largest absolute Gasteiger partial charge is 0.486 e. The van der Waals surface area contributed by atoms with Crippen LogP contribution in [0.5, 0.6) is 11.5 Å². The molecular weight excluding hydrogens is 274 g/mol. The van der Waals surface area contributed by atoms with Gasteiger partial charge in [-0.2, -0.15) is 0 Å². The Morgan fingerprint density at radius 3 is 2.57 bits per heavy atom. The van der Waals surface area contributed by atoms with Crippen molar-refractivity contribution in [2.24, 2.45) is 0 Å². The molecule has 1 amide bonds. The fourth-order valence-electron chi connectivity index (χ4n) is 2.23. The van der Waals surface area contributed by atoms with E-state index in [1.54, 1.807) is 18.2 Å². The lowest BCUT2D eigenvalue weighted by molar-refractivity contribution is -0.144. The van der Waals surface area contributed by atoms with Crippen LogP contribution in [0.15, 0.2) is 18.2 Å². The number of nitrogens with one attached hydrogen (secondary N) is 1. The summed E-state index contributed by atoms with van der Waals surface area (Å²) in [5.41, 5.74) is -0.929. The SMILES string of the molecule is CCC[C@@](C)(NC(=O)c1ccc2c(c1)OCCO2)C(=O)O. The molecule has 0 radical (unpaired) electrons. The van der Waals surface area contributed by atoms with Crippen LogP contribution in [0.3, 0.4) is 0 Å². The van der Waals surface area contributed by atoms with Gasteiger partial charge in [-0.15, -0.1) is 0 Å². The minimum atomic E-state index is -1.28.